The van der Waals surface area contributed by atoms with Gasteiger partial charge < -0.3 is 4.74 Å². The molecule has 1 fully saturated rings. The highest BCUT2D eigenvalue weighted by atomic mass is 16.5. The Hall–Kier alpha value is -2.26. The van der Waals surface area contributed by atoms with Crippen molar-refractivity contribution >= 4 is 11.6 Å². The fourth-order valence-corrected chi connectivity index (χ4v) is 4.33. The molecule has 0 saturated carbocycles. The number of aryl methyl sites for hydroxylation is 3. The molecule has 1 saturated heterocycles. The molecular formula is C25H30O3. The summed E-state index contributed by atoms with van der Waals surface area (Å²) < 4.78 is 5.86. The van der Waals surface area contributed by atoms with E-state index in [1.54, 1.807) is 27.7 Å². The minimum Gasteiger partial charge on any atom is -0.354 e. The minimum absolute atomic E-state index is 0.163. The summed E-state index contributed by atoms with van der Waals surface area (Å²) >= 11 is 0. The summed E-state index contributed by atoms with van der Waals surface area (Å²) in [5, 5.41) is 0. The van der Waals surface area contributed by atoms with E-state index in [0.29, 0.717) is 0 Å². The Balaban J connectivity index is 2.19. The van der Waals surface area contributed by atoms with Crippen molar-refractivity contribution in [1.82, 2.24) is 0 Å². The van der Waals surface area contributed by atoms with E-state index >= 15 is 0 Å². The van der Waals surface area contributed by atoms with E-state index in [-0.39, 0.29) is 11.6 Å². The first kappa shape index (κ1) is 20.5. The van der Waals surface area contributed by atoms with Crippen LogP contribution in [0.25, 0.3) is 11.1 Å². The lowest BCUT2D eigenvalue weighted by Gasteiger charge is -2.43. The molecule has 28 heavy (non-hydrogen) atoms. The molecule has 2 aromatic rings. The third-order valence-corrected chi connectivity index (χ3v) is 5.75. The molecule has 0 spiro atoms. The quantitative estimate of drug-likeness (QED) is 0.677. The third kappa shape index (κ3) is 3.44. The first-order chi connectivity index (χ1) is 13.0. The minimum atomic E-state index is -0.997. The maximum atomic E-state index is 13.2. The van der Waals surface area contributed by atoms with Gasteiger partial charge in [0.05, 0.1) is 0 Å². The van der Waals surface area contributed by atoms with E-state index in [9.17, 15) is 9.59 Å². The third-order valence-electron chi connectivity index (χ3n) is 5.75. The molecule has 0 amide bonds. The molecule has 2 aromatic carbocycles. The average molecular weight is 379 g/mol. The summed E-state index contributed by atoms with van der Waals surface area (Å²) in [4.78, 5) is 26.5. The topological polar surface area (TPSA) is 43.4 Å². The van der Waals surface area contributed by atoms with Crippen LogP contribution in [0.5, 0.6) is 0 Å². The second-order valence-corrected chi connectivity index (χ2v) is 8.87. The fraction of sp³-hybridized carbons (Fsp3) is 0.440. The van der Waals surface area contributed by atoms with Gasteiger partial charge in [-0.3, -0.25) is 9.59 Å². The molecule has 0 aromatic heterocycles. The second kappa shape index (κ2) is 6.97. The Labute approximate surface area is 168 Å². The summed E-state index contributed by atoms with van der Waals surface area (Å²) in [5.74, 6) is -1.12. The number of benzene rings is 2. The van der Waals surface area contributed by atoms with Gasteiger partial charge in [0.25, 0.3) is 0 Å². The van der Waals surface area contributed by atoms with Gasteiger partial charge >= 0.3 is 0 Å². The van der Waals surface area contributed by atoms with Crippen LogP contribution in [0.2, 0.25) is 0 Å². The molecule has 0 atom stereocenters. The average Bonchev–Trinajstić information content (AvgIpc) is 2.60. The molecule has 0 radical (unpaired) electrons. The number of rotatable bonds is 3. The molecule has 3 heteroatoms. The number of Topliss-reactive ketones (excluding diaryl/α,β-unsaturated/α-hetero) is 2. The van der Waals surface area contributed by atoms with Crippen molar-refractivity contribution in [3.8, 4) is 11.1 Å². The SMILES string of the molecule is CCc1ccc(-c2ccc(C)cc2C)cc1C1C(=O)C(C)(C)OC(C)(C)C1=O. The normalized spacial score (nSPS) is 19.1. The van der Waals surface area contributed by atoms with Crippen LogP contribution in [0.3, 0.4) is 0 Å². The molecule has 0 bridgehead atoms. The van der Waals surface area contributed by atoms with Crippen molar-refractivity contribution in [3.05, 3.63) is 58.7 Å². The van der Waals surface area contributed by atoms with Gasteiger partial charge in [-0.25, -0.2) is 0 Å². The van der Waals surface area contributed by atoms with E-state index in [0.717, 1.165) is 28.7 Å². The van der Waals surface area contributed by atoms with Gasteiger partial charge in [0.15, 0.2) is 11.6 Å². The Kier molecular flexibility index (Phi) is 5.09. The van der Waals surface area contributed by atoms with Crippen molar-refractivity contribution < 1.29 is 14.3 Å². The van der Waals surface area contributed by atoms with Gasteiger partial charge in [0.1, 0.15) is 17.1 Å². The van der Waals surface area contributed by atoms with E-state index < -0.39 is 17.1 Å². The first-order valence-electron chi connectivity index (χ1n) is 9.97. The molecule has 3 rings (SSSR count). The lowest BCUT2D eigenvalue weighted by molar-refractivity contribution is -0.184. The van der Waals surface area contributed by atoms with Crippen LogP contribution in [-0.2, 0) is 20.7 Å². The van der Waals surface area contributed by atoms with Gasteiger partial charge in [-0.15, -0.1) is 0 Å². The van der Waals surface area contributed by atoms with Gasteiger partial charge in [-0.05, 0) is 81.8 Å². The van der Waals surface area contributed by atoms with Crippen LogP contribution in [-0.4, -0.2) is 22.8 Å². The molecule has 1 heterocycles. The highest BCUT2D eigenvalue weighted by Crippen LogP contribution is 2.41. The molecule has 148 valence electrons. The van der Waals surface area contributed by atoms with Gasteiger partial charge in [-0.1, -0.05) is 42.8 Å². The maximum Gasteiger partial charge on any atom is 0.179 e. The van der Waals surface area contributed by atoms with Gasteiger partial charge in [0, 0.05) is 0 Å². The van der Waals surface area contributed by atoms with Crippen molar-refractivity contribution in [2.24, 2.45) is 0 Å². The molecule has 0 unspecified atom stereocenters. The number of carbonyl (C=O) groups excluding carboxylic acids is 2. The van der Waals surface area contributed by atoms with Crippen molar-refractivity contribution in [2.45, 2.75) is 72.0 Å². The molecule has 3 nitrogen and oxygen atoms in total. The highest BCUT2D eigenvalue weighted by molar-refractivity contribution is 6.15. The first-order valence-corrected chi connectivity index (χ1v) is 9.97. The molecule has 1 aliphatic heterocycles. The zero-order valence-electron chi connectivity index (χ0n) is 18.0. The van der Waals surface area contributed by atoms with Crippen LogP contribution in [0, 0.1) is 13.8 Å². The molecule has 0 aliphatic carbocycles. The number of hydrogen-bond acceptors (Lipinski definition) is 3. The summed E-state index contributed by atoms with van der Waals surface area (Å²) in [6, 6.07) is 12.5. The standard InChI is InChI=1S/C25H30O3/c1-8-17-10-11-18(19-12-9-15(2)13-16(19)3)14-20(17)21-22(26)24(4,5)28-25(6,7)23(21)27/h9-14,21H,8H2,1-7H3. The Morgan fingerprint density at radius 2 is 1.50 bits per heavy atom. The van der Waals surface area contributed by atoms with Gasteiger partial charge in [-0.2, -0.15) is 0 Å². The zero-order valence-corrected chi connectivity index (χ0v) is 18.0. The van der Waals surface area contributed by atoms with Crippen LogP contribution in [0.4, 0.5) is 0 Å². The Morgan fingerprint density at radius 3 is 2.04 bits per heavy atom. The van der Waals surface area contributed by atoms with E-state index in [4.69, 9.17) is 4.74 Å². The number of ketones is 2. The van der Waals surface area contributed by atoms with E-state index in [1.807, 2.05) is 6.07 Å². The summed E-state index contributed by atoms with van der Waals surface area (Å²) in [7, 11) is 0. The van der Waals surface area contributed by atoms with Crippen LogP contribution < -0.4 is 0 Å². The monoisotopic (exact) mass is 378 g/mol. The zero-order chi connectivity index (χ0) is 20.9. The molecule has 0 N–H and O–H groups in total. The summed E-state index contributed by atoms with van der Waals surface area (Å²) in [5.41, 5.74) is 4.41. The fourth-order valence-electron chi connectivity index (χ4n) is 4.33. The Bertz CT molecular complexity index is 924. The second-order valence-electron chi connectivity index (χ2n) is 8.87. The molecular weight excluding hydrogens is 348 g/mol. The smallest absolute Gasteiger partial charge is 0.179 e. The van der Waals surface area contributed by atoms with Crippen LogP contribution in [0.15, 0.2) is 36.4 Å². The maximum absolute atomic E-state index is 13.2. The largest absolute Gasteiger partial charge is 0.354 e. The van der Waals surface area contributed by atoms with Gasteiger partial charge in [0.2, 0.25) is 0 Å². The lowest BCUT2D eigenvalue weighted by atomic mass is 9.73. The molecule has 1 aliphatic rings. The van der Waals surface area contributed by atoms with Crippen molar-refractivity contribution in [2.75, 3.05) is 0 Å². The summed E-state index contributed by atoms with van der Waals surface area (Å²) in [6.07, 6.45) is 0.765. The summed E-state index contributed by atoms with van der Waals surface area (Å²) in [6.45, 7) is 13.3. The number of ether oxygens (including phenoxy) is 1. The lowest BCUT2D eigenvalue weighted by Crippen LogP contribution is -2.58. The van der Waals surface area contributed by atoms with Crippen molar-refractivity contribution in [3.63, 3.8) is 0 Å². The number of hydrogen-bond donors (Lipinski definition) is 0. The highest BCUT2D eigenvalue weighted by Gasteiger charge is 2.53. The van der Waals surface area contributed by atoms with Crippen LogP contribution in [0.1, 0.15) is 62.8 Å². The van der Waals surface area contributed by atoms with E-state index in [2.05, 4.69) is 51.1 Å². The van der Waals surface area contributed by atoms with E-state index in [1.165, 1.54) is 11.1 Å². The predicted octanol–water partition coefficient (Wildman–Crippen LogP) is 5.34. The predicted molar refractivity (Wildman–Crippen MR) is 113 cm³/mol. The van der Waals surface area contributed by atoms with Crippen molar-refractivity contribution in [1.29, 1.82) is 0 Å². The number of carbonyl (C=O) groups is 2. The van der Waals surface area contributed by atoms with Crippen LogP contribution >= 0.6 is 0 Å². The Morgan fingerprint density at radius 1 is 0.893 bits per heavy atom.